The van der Waals surface area contributed by atoms with Gasteiger partial charge in [0.1, 0.15) is 5.82 Å². The zero-order valence-electron chi connectivity index (χ0n) is 14.0. The van der Waals surface area contributed by atoms with E-state index >= 15 is 0 Å². The van der Waals surface area contributed by atoms with Crippen molar-refractivity contribution in [3.05, 3.63) is 53.1 Å². The third-order valence-electron chi connectivity index (χ3n) is 5.27. The van der Waals surface area contributed by atoms with Gasteiger partial charge in [0.25, 0.3) is 0 Å². The standard InChI is InChI=1S/C19H23N3O2/c1-24-16-11-17(19-20-7-8-21-19)22(12-16)18(23)10-13-5-6-14-3-2-4-15(14)9-13/h5-9,16-17H,2-4,10-12H2,1H3,(H,20,21)/t16-,17?/m1/s1. The molecular formula is C19H23N3O2. The normalized spacial score (nSPS) is 22.8. The molecule has 2 aliphatic rings. The van der Waals surface area contributed by atoms with E-state index in [4.69, 9.17) is 4.74 Å². The van der Waals surface area contributed by atoms with Crippen LogP contribution in [0.3, 0.4) is 0 Å². The number of likely N-dealkylation sites (tertiary alicyclic amines) is 1. The molecule has 1 saturated heterocycles. The number of rotatable bonds is 4. The maximum Gasteiger partial charge on any atom is 0.227 e. The predicted molar refractivity (Wildman–Crippen MR) is 90.6 cm³/mol. The average Bonchev–Trinajstić information content (AvgIpc) is 3.33. The van der Waals surface area contributed by atoms with Gasteiger partial charge in [-0.15, -0.1) is 0 Å². The van der Waals surface area contributed by atoms with Crippen LogP contribution in [0.2, 0.25) is 0 Å². The van der Waals surface area contributed by atoms with Gasteiger partial charge < -0.3 is 14.6 Å². The minimum Gasteiger partial charge on any atom is -0.380 e. The Morgan fingerprint density at radius 1 is 1.38 bits per heavy atom. The molecule has 1 aromatic carbocycles. The van der Waals surface area contributed by atoms with Crippen molar-refractivity contribution in [1.82, 2.24) is 14.9 Å². The molecule has 1 aliphatic heterocycles. The molecule has 2 heterocycles. The molecule has 126 valence electrons. The summed E-state index contributed by atoms with van der Waals surface area (Å²) >= 11 is 0. The molecule has 2 atom stereocenters. The van der Waals surface area contributed by atoms with Crippen LogP contribution in [0.1, 0.15) is 41.4 Å². The van der Waals surface area contributed by atoms with Crippen molar-refractivity contribution in [3.8, 4) is 0 Å². The van der Waals surface area contributed by atoms with Crippen molar-refractivity contribution in [2.75, 3.05) is 13.7 Å². The molecular weight excluding hydrogens is 302 g/mol. The average molecular weight is 325 g/mol. The number of hydrogen-bond acceptors (Lipinski definition) is 3. The third-order valence-corrected chi connectivity index (χ3v) is 5.27. The molecule has 24 heavy (non-hydrogen) atoms. The Bertz CT molecular complexity index is 726. The van der Waals surface area contributed by atoms with Crippen LogP contribution in [-0.4, -0.2) is 40.5 Å². The summed E-state index contributed by atoms with van der Waals surface area (Å²) in [5.74, 6) is 0.991. The zero-order valence-corrected chi connectivity index (χ0v) is 14.0. The number of aromatic nitrogens is 2. The highest BCUT2D eigenvalue weighted by molar-refractivity contribution is 5.79. The van der Waals surface area contributed by atoms with E-state index in [1.807, 2.05) is 4.90 Å². The Labute approximate surface area is 142 Å². The molecule has 5 nitrogen and oxygen atoms in total. The van der Waals surface area contributed by atoms with Gasteiger partial charge in [0.15, 0.2) is 0 Å². The number of carbonyl (C=O) groups excluding carboxylic acids is 1. The fourth-order valence-corrected chi connectivity index (χ4v) is 3.97. The Kier molecular flexibility index (Phi) is 4.10. The lowest BCUT2D eigenvalue weighted by Crippen LogP contribution is -2.33. The molecule has 1 fully saturated rings. The van der Waals surface area contributed by atoms with E-state index in [1.165, 1.54) is 24.0 Å². The first-order valence-electron chi connectivity index (χ1n) is 8.67. The van der Waals surface area contributed by atoms with Gasteiger partial charge in [0.05, 0.1) is 18.6 Å². The van der Waals surface area contributed by atoms with Gasteiger partial charge in [-0.3, -0.25) is 4.79 Å². The largest absolute Gasteiger partial charge is 0.380 e. The number of aryl methyl sites for hydroxylation is 2. The van der Waals surface area contributed by atoms with Crippen LogP contribution >= 0.6 is 0 Å². The van der Waals surface area contributed by atoms with Crippen LogP contribution in [0, 0.1) is 0 Å². The highest BCUT2D eigenvalue weighted by Crippen LogP contribution is 2.32. The van der Waals surface area contributed by atoms with E-state index in [2.05, 4.69) is 28.2 Å². The number of fused-ring (bicyclic) bond motifs is 1. The van der Waals surface area contributed by atoms with E-state index in [0.29, 0.717) is 13.0 Å². The van der Waals surface area contributed by atoms with Gasteiger partial charge in [-0.2, -0.15) is 0 Å². The lowest BCUT2D eigenvalue weighted by atomic mass is 10.0. The van der Waals surface area contributed by atoms with Gasteiger partial charge in [-0.25, -0.2) is 4.98 Å². The van der Waals surface area contributed by atoms with Gasteiger partial charge in [0, 0.05) is 32.5 Å². The summed E-state index contributed by atoms with van der Waals surface area (Å²) in [4.78, 5) is 22.3. The summed E-state index contributed by atoms with van der Waals surface area (Å²) in [5.41, 5.74) is 3.97. The van der Waals surface area contributed by atoms with Crippen LogP contribution in [0.5, 0.6) is 0 Å². The first kappa shape index (κ1) is 15.4. The molecule has 1 unspecified atom stereocenters. The summed E-state index contributed by atoms with van der Waals surface area (Å²) in [7, 11) is 1.71. The highest BCUT2D eigenvalue weighted by atomic mass is 16.5. The summed E-state index contributed by atoms with van der Waals surface area (Å²) < 4.78 is 5.50. The number of aromatic amines is 1. The monoisotopic (exact) mass is 325 g/mol. The van der Waals surface area contributed by atoms with E-state index in [1.54, 1.807) is 19.5 Å². The Balaban J connectivity index is 1.52. The quantitative estimate of drug-likeness (QED) is 0.939. The summed E-state index contributed by atoms with van der Waals surface area (Å²) in [6, 6.07) is 6.49. The Hall–Kier alpha value is -2.14. The zero-order chi connectivity index (χ0) is 16.5. The van der Waals surface area contributed by atoms with Crippen LogP contribution in [-0.2, 0) is 28.8 Å². The number of benzene rings is 1. The van der Waals surface area contributed by atoms with E-state index in [0.717, 1.165) is 24.2 Å². The van der Waals surface area contributed by atoms with Gasteiger partial charge in [-0.1, -0.05) is 18.2 Å². The fraction of sp³-hybridized carbons (Fsp3) is 0.474. The van der Waals surface area contributed by atoms with Crippen molar-refractivity contribution >= 4 is 5.91 Å². The molecule has 1 amide bonds. The van der Waals surface area contributed by atoms with Crippen LogP contribution in [0.4, 0.5) is 0 Å². The number of nitrogens with zero attached hydrogens (tertiary/aromatic N) is 2. The van der Waals surface area contributed by atoms with E-state index in [-0.39, 0.29) is 18.1 Å². The molecule has 4 rings (SSSR count). The van der Waals surface area contributed by atoms with Crippen molar-refractivity contribution in [3.63, 3.8) is 0 Å². The lowest BCUT2D eigenvalue weighted by molar-refractivity contribution is -0.131. The predicted octanol–water partition coefficient (Wildman–Crippen LogP) is 2.43. The second-order valence-corrected chi connectivity index (χ2v) is 6.76. The first-order valence-corrected chi connectivity index (χ1v) is 8.67. The Morgan fingerprint density at radius 2 is 2.25 bits per heavy atom. The van der Waals surface area contributed by atoms with E-state index < -0.39 is 0 Å². The summed E-state index contributed by atoms with van der Waals surface area (Å²) in [6.45, 7) is 0.631. The minimum atomic E-state index is -0.0214. The Morgan fingerprint density at radius 3 is 3.04 bits per heavy atom. The SMILES string of the molecule is CO[C@@H]1CC(c2ncc[nH]2)N(C(=O)Cc2ccc3c(c2)CCC3)C1. The molecule has 5 heteroatoms. The maximum atomic E-state index is 12.9. The number of amides is 1. The second-order valence-electron chi connectivity index (χ2n) is 6.76. The molecule has 1 N–H and O–H groups in total. The van der Waals surface area contributed by atoms with Crippen LogP contribution < -0.4 is 0 Å². The first-order chi connectivity index (χ1) is 11.7. The van der Waals surface area contributed by atoms with Crippen LogP contribution in [0.15, 0.2) is 30.6 Å². The minimum absolute atomic E-state index is 0.0214. The van der Waals surface area contributed by atoms with Crippen molar-refractivity contribution in [2.24, 2.45) is 0 Å². The number of nitrogens with one attached hydrogen (secondary N) is 1. The number of hydrogen-bond donors (Lipinski definition) is 1. The number of methoxy groups -OCH3 is 1. The number of imidazole rings is 1. The summed E-state index contributed by atoms with van der Waals surface area (Å²) in [5, 5.41) is 0. The maximum absolute atomic E-state index is 12.9. The van der Waals surface area contributed by atoms with Crippen LogP contribution in [0.25, 0.3) is 0 Å². The third kappa shape index (κ3) is 2.84. The van der Waals surface area contributed by atoms with Gasteiger partial charge in [0.2, 0.25) is 5.91 Å². The molecule has 2 aromatic rings. The molecule has 1 aliphatic carbocycles. The lowest BCUT2D eigenvalue weighted by Gasteiger charge is -2.23. The van der Waals surface area contributed by atoms with Crippen molar-refractivity contribution in [2.45, 2.75) is 44.2 Å². The van der Waals surface area contributed by atoms with E-state index in [9.17, 15) is 4.79 Å². The topological polar surface area (TPSA) is 58.2 Å². The number of ether oxygens (including phenoxy) is 1. The van der Waals surface area contributed by atoms with Gasteiger partial charge in [-0.05, 0) is 36.0 Å². The molecule has 0 bridgehead atoms. The molecule has 1 aromatic heterocycles. The fourth-order valence-electron chi connectivity index (χ4n) is 3.97. The molecule has 0 saturated carbocycles. The number of H-pyrrole nitrogens is 1. The van der Waals surface area contributed by atoms with Crippen molar-refractivity contribution in [1.29, 1.82) is 0 Å². The second kappa shape index (κ2) is 6.40. The summed E-state index contributed by atoms with van der Waals surface area (Å²) in [6.07, 6.45) is 8.39. The molecule has 0 radical (unpaired) electrons. The number of carbonyl (C=O) groups is 1. The highest BCUT2D eigenvalue weighted by Gasteiger charge is 2.37. The van der Waals surface area contributed by atoms with Gasteiger partial charge >= 0.3 is 0 Å². The van der Waals surface area contributed by atoms with Crippen molar-refractivity contribution < 1.29 is 9.53 Å². The smallest absolute Gasteiger partial charge is 0.227 e. The molecule has 0 spiro atoms.